The third-order valence-corrected chi connectivity index (χ3v) is 1.63. The molecule has 0 saturated carbocycles. The number of likely N-dealkylation sites (N-methyl/N-ethyl adjacent to an activating group) is 1. The molecule has 1 aliphatic heterocycles. The number of nitrogens with one attached hydrogen (secondary N) is 2. The topological polar surface area (TPSA) is 33.3 Å². The Labute approximate surface area is 86.4 Å². The van der Waals surface area contributed by atoms with Gasteiger partial charge in [0.15, 0.2) is 0 Å². The van der Waals surface area contributed by atoms with Crippen molar-refractivity contribution in [1.82, 2.24) is 10.6 Å². The van der Waals surface area contributed by atoms with Crippen LogP contribution in [0.5, 0.6) is 0 Å². The van der Waals surface area contributed by atoms with Crippen molar-refractivity contribution in [2.45, 2.75) is 13.0 Å². The van der Waals surface area contributed by atoms with Crippen LogP contribution in [0.2, 0.25) is 0 Å². The monoisotopic (exact) mass is 216 g/mol. The lowest BCUT2D eigenvalue weighted by molar-refractivity contribution is 0.0296. The Morgan fingerprint density at radius 2 is 2.25 bits per heavy atom. The summed E-state index contributed by atoms with van der Waals surface area (Å²) in [5.41, 5.74) is 0. The van der Waals surface area contributed by atoms with E-state index in [2.05, 4.69) is 17.6 Å². The minimum atomic E-state index is 0. The van der Waals surface area contributed by atoms with Crippen molar-refractivity contribution in [3.05, 3.63) is 0 Å². The van der Waals surface area contributed by atoms with Gasteiger partial charge in [0.05, 0.1) is 12.7 Å². The molecule has 0 aromatic carbocycles. The highest BCUT2D eigenvalue weighted by Gasteiger charge is 2.11. The van der Waals surface area contributed by atoms with Crippen molar-refractivity contribution in [2.75, 3.05) is 32.8 Å². The van der Waals surface area contributed by atoms with Gasteiger partial charge in [0.25, 0.3) is 0 Å². The fourth-order valence-corrected chi connectivity index (χ4v) is 1.06. The van der Waals surface area contributed by atoms with E-state index >= 15 is 0 Å². The van der Waals surface area contributed by atoms with Crippen molar-refractivity contribution in [3.8, 4) is 0 Å². The van der Waals surface area contributed by atoms with Gasteiger partial charge in [-0.05, 0) is 6.54 Å². The average Bonchev–Trinajstić information content (AvgIpc) is 2.03. The maximum absolute atomic E-state index is 5.46. The molecule has 76 valence electrons. The molecule has 0 aromatic heterocycles. The van der Waals surface area contributed by atoms with Gasteiger partial charge in [-0.3, -0.25) is 0 Å². The number of rotatable bonds is 3. The van der Waals surface area contributed by atoms with Gasteiger partial charge in [-0.2, -0.15) is 0 Å². The van der Waals surface area contributed by atoms with E-state index in [9.17, 15) is 0 Å². The SMILES string of the molecule is CCNCC1CNCCO1.Cl.Cl. The van der Waals surface area contributed by atoms with Gasteiger partial charge in [-0.15, -0.1) is 24.8 Å². The lowest BCUT2D eigenvalue weighted by Gasteiger charge is -2.23. The van der Waals surface area contributed by atoms with E-state index in [4.69, 9.17) is 4.74 Å². The zero-order valence-electron chi connectivity index (χ0n) is 7.34. The van der Waals surface area contributed by atoms with Gasteiger partial charge >= 0.3 is 0 Å². The summed E-state index contributed by atoms with van der Waals surface area (Å²) in [5, 5.41) is 6.53. The summed E-state index contributed by atoms with van der Waals surface area (Å²) in [6.07, 6.45) is 0.383. The van der Waals surface area contributed by atoms with E-state index in [-0.39, 0.29) is 24.8 Å². The van der Waals surface area contributed by atoms with Crippen LogP contribution < -0.4 is 10.6 Å². The minimum Gasteiger partial charge on any atom is -0.374 e. The summed E-state index contributed by atoms with van der Waals surface area (Å²) in [7, 11) is 0. The Morgan fingerprint density at radius 3 is 2.75 bits per heavy atom. The van der Waals surface area contributed by atoms with Crippen LogP contribution in [-0.2, 0) is 4.74 Å². The molecule has 12 heavy (non-hydrogen) atoms. The van der Waals surface area contributed by atoms with E-state index in [0.717, 1.165) is 32.8 Å². The molecule has 1 saturated heterocycles. The smallest absolute Gasteiger partial charge is 0.0824 e. The summed E-state index contributed by atoms with van der Waals surface area (Å²) >= 11 is 0. The second-order valence-electron chi connectivity index (χ2n) is 2.50. The highest BCUT2D eigenvalue weighted by atomic mass is 35.5. The van der Waals surface area contributed by atoms with Crippen LogP contribution >= 0.6 is 24.8 Å². The number of morpholine rings is 1. The number of halogens is 2. The highest BCUT2D eigenvalue weighted by Crippen LogP contribution is 1.92. The van der Waals surface area contributed by atoms with E-state index < -0.39 is 0 Å². The normalized spacial score (nSPS) is 22.2. The molecule has 0 spiro atoms. The Bertz CT molecular complexity index is 89.5. The van der Waals surface area contributed by atoms with Crippen LogP contribution in [0.15, 0.2) is 0 Å². The first-order valence-electron chi connectivity index (χ1n) is 3.96. The third kappa shape index (κ3) is 6.03. The van der Waals surface area contributed by atoms with Gasteiger partial charge in [0.1, 0.15) is 0 Å². The molecule has 1 rings (SSSR count). The third-order valence-electron chi connectivity index (χ3n) is 1.63. The van der Waals surface area contributed by atoms with Crippen molar-refractivity contribution in [3.63, 3.8) is 0 Å². The summed E-state index contributed by atoms with van der Waals surface area (Å²) in [5.74, 6) is 0. The molecule has 0 bridgehead atoms. The van der Waals surface area contributed by atoms with Crippen molar-refractivity contribution < 1.29 is 4.74 Å². The fraction of sp³-hybridized carbons (Fsp3) is 1.00. The second kappa shape index (κ2) is 9.55. The van der Waals surface area contributed by atoms with E-state index in [1.807, 2.05) is 0 Å². The summed E-state index contributed by atoms with van der Waals surface area (Å²) in [6.45, 7) is 6.96. The van der Waals surface area contributed by atoms with Gasteiger partial charge in [-0.25, -0.2) is 0 Å². The van der Waals surface area contributed by atoms with Gasteiger partial charge < -0.3 is 15.4 Å². The lowest BCUT2D eigenvalue weighted by atomic mass is 10.3. The fourth-order valence-electron chi connectivity index (χ4n) is 1.06. The predicted molar refractivity (Wildman–Crippen MR) is 55.6 cm³/mol. The zero-order chi connectivity index (χ0) is 7.23. The standard InChI is InChI=1S/C7H16N2O.2ClH/c1-2-8-5-7-6-9-3-4-10-7;;/h7-9H,2-6H2,1H3;2*1H. The first-order valence-corrected chi connectivity index (χ1v) is 3.96. The summed E-state index contributed by atoms with van der Waals surface area (Å²) in [4.78, 5) is 0. The van der Waals surface area contributed by atoms with Crippen molar-refractivity contribution in [2.24, 2.45) is 0 Å². The molecule has 5 heteroatoms. The first-order chi connectivity index (χ1) is 4.93. The molecular weight excluding hydrogens is 199 g/mol. The molecule has 0 amide bonds. The van der Waals surface area contributed by atoms with Gasteiger partial charge in [-0.1, -0.05) is 6.92 Å². The highest BCUT2D eigenvalue weighted by molar-refractivity contribution is 5.85. The van der Waals surface area contributed by atoms with Crippen LogP contribution in [0, 0.1) is 0 Å². The van der Waals surface area contributed by atoms with Crippen molar-refractivity contribution >= 4 is 24.8 Å². The van der Waals surface area contributed by atoms with Gasteiger partial charge in [0.2, 0.25) is 0 Å². The lowest BCUT2D eigenvalue weighted by Crippen LogP contribution is -2.43. The summed E-state index contributed by atoms with van der Waals surface area (Å²) < 4.78 is 5.46. The molecule has 1 aliphatic rings. The van der Waals surface area contributed by atoms with Crippen LogP contribution in [0.4, 0.5) is 0 Å². The first kappa shape index (κ1) is 15.0. The predicted octanol–water partition coefficient (Wildman–Crippen LogP) is 0.428. The molecule has 3 nitrogen and oxygen atoms in total. The quantitative estimate of drug-likeness (QED) is 0.719. The van der Waals surface area contributed by atoms with Crippen LogP contribution in [0.25, 0.3) is 0 Å². The average molecular weight is 217 g/mol. The maximum Gasteiger partial charge on any atom is 0.0824 e. The molecule has 2 N–H and O–H groups in total. The Morgan fingerprint density at radius 1 is 1.50 bits per heavy atom. The van der Waals surface area contributed by atoms with E-state index in [1.54, 1.807) is 0 Å². The number of ether oxygens (including phenoxy) is 1. The molecule has 1 fully saturated rings. The number of hydrogen-bond donors (Lipinski definition) is 2. The minimum absolute atomic E-state index is 0. The molecule has 1 heterocycles. The van der Waals surface area contributed by atoms with Crippen LogP contribution in [0.1, 0.15) is 6.92 Å². The molecule has 0 aliphatic carbocycles. The van der Waals surface area contributed by atoms with Crippen molar-refractivity contribution in [1.29, 1.82) is 0 Å². The zero-order valence-corrected chi connectivity index (χ0v) is 8.97. The van der Waals surface area contributed by atoms with Crippen LogP contribution in [0.3, 0.4) is 0 Å². The molecule has 0 radical (unpaired) electrons. The molecule has 1 unspecified atom stereocenters. The van der Waals surface area contributed by atoms with E-state index in [0.29, 0.717) is 6.10 Å². The Balaban J connectivity index is 0. The molecular formula is C7H18Cl2N2O. The molecule has 1 atom stereocenters. The Kier molecular flexibility index (Phi) is 11.9. The second-order valence-corrected chi connectivity index (χ2v) is 2.50. The maximum atomic E-state index is 5.46. The molecule has 0 aromatic rings. The van der Waals surface area contributed by atoms with Gasteiger partial charge in [0, 0.05) is 19.6 Å². The largest absolute Gasteiger partial charge is 0.374 e. The summed E-state index contributed by atoms with van der Waals surface area (Å²) in [6, 6.07) is 0. The van der Waals surface area contributed by atoms with E-state index in [1.165, 1.54) is 0 Å². The van der Waals surface area contributed by atoms with Crippen LogP contribution in [-0.4, -0.2) is 38.9 Å². The Hall–Kier alpha value is 0.460. The number of hydrogen-bond acceptors (Lipinski definition) is 3.